The number of nitriles is 1. The van der Waals surface area contributed by atoms with Crippen molar-refractivity contribution in [2.24, 2.45) is 11.3 Å². The maximum absolute atomic E-state index is 8.83. The Labute approximate surface area is 86.3 Å². The molecule has 1 N–H and O–H groups in total. The van der Waals surface area contributed by atoms with Gasteiger partial charge in [0.15, 0.2) is 0 Å². The predicted molar refractivity (Wildman–Crippen MR) is 55.6 cm³/mol. The van der Waals surface area contributed by atoms with Crippen molar-refractivity contribution in [2.45, 2.75) is 26.7 Å². The van der Waals surface area contributed by atoms with E-state index in [0.29, 0.717) is 12.5 Å². The summed E-state index contributed by atoms with van der Waals surface area (Å²) in [5.74, 6) is 0.499. The van der Waals surface area contributed by atoms with Crippen molar-refractivity contribution < 1.29 is 5.11 Å². The molecule has 0 radical (unpaired) electrons. The van der Waals surface area contributed by atoms with Gasteiger partial charge < -0.3 is 10.0 Å². The van der Waals surface area contributed by atoms with Crippen molar-refractivity contribution in [3.8, 4) is 6.07 Å². The van der Waals surface area contributed by atoms with Gasteiger partial charge in [-0.05, 0) is 33.2 Å². The van der Waals surface area contributed by atoms with Crippen LogP contribution >= 0.6 is 0 Å². The van der Waals surface area contributed by atoms with E-state index in [-0.39, 0.29) is 5.41 Å². The van der Waals surface area contributed by atoms with Crippen LogP contribution in [0.4, 0.5) is 0 Å². The molecule has 80 valence electrons. The van der Waals surface area contributed by atoms with Crippen LogP contribution in [0.2, 0.25) is 0 Å². The second-order valence-corrected chi connectivity index (χ2v) is 4.91. The van der Waals surface area contributed by atoms with E-state index in [4.69, 9.17) is 10.4 Å². The Balaban J connectivity index is 2.04. The average molecular weight is 196 g/mol. The van der Waals surface area contributed by atoms with Gasteiger partial charge in [0, 0.05) is 25.6 Å². The minimum absolute atomic E-state index is 0.179. The Morgan fingerprint density at radius 1 is 1.50 bits per heavy atom. The van der Waals surface area contributed by atoms with Crippen LogP contribution in [0.15, 0.2) is 0 Å². The molecule has 0 saturated carbocycles. The number of rotatable bonds is 5. The van der Waals surface area contributed by atoms with Gasteiger partial charge in [-0.3, -0.25) is 0 Å². The molecule has 1 aliphatic rings. The Morgan fingerprint density at radius 3 is 2.64 bits per heavy atom. The first-order chi connectivity index (χ1) is 6.57. The highest BCUT2D eigenvalue weighted by Crippen LogP contribution is 2.22. The second kappa shape index (κ2) is 4.77. The Hall–Kier alpha value is -0.590. The summed E-state index contributed by atoms with van der Waals surface area (Å²) < 4.78 is 0. The van der Waals surface area contributed by atoms with E-state index in [1.165, 1.54) is 0 Å². The standard InChI is InChI=1S/C11H20N2O/c1-11(2,9-12)4-3-5-13-6-10(7-13)8-14/h10,14H,3-8H2,1-2H3. The lowest BCUT2D eigenvalue weighted by atomic mass is 9.89. The van der Waals surface area contributed by atoms with Gasteiger partial charge in [0.2, 0.25) is 0 Å². The third-order valence-electron chi connectivity index (χ3n) is 2.87. The van der Waals surface area contributed by atoms with E-state index in [9.17, 15) is 0 Å². The molecule has 0 atom stereocenters. The van der Waals surface area contributed by atoms with E-state index in [1.807, 2.05) is 13.8 Å². The van der Waals surface area contributed by atoms with Gasteiger partial charge in [-0.2, -0.15) is 5.26 Å². The third kappa shape index (κ3) is 3.28. The van der Waals surface area contributed by atoms with Gasteiger partial charge in [-0.25, -0.2) is 0 Å². The average Bonchev–Trinajstić information content (AvgIpc) is 2.09. The number of aliphatic hydroxyl groups is 1. The fraction of sp³-hybridized carbons (Fsp3) is 0.909. The summed E-state index contributed by atoms with van der Waals surface area (Å²) in [6.45, 7) is 7.42. The summed E-state index contributed by atoms with van der Waals surface area (Å²) in [6, 6.07) is 2.31. The topological polar surface area (TPSA) is 47.3 Å². The highest BCUT2D eigenvalue weighted by Gasteiger charge is 2.25. The number of hydrogen-bond acceptors (Lipinski definition) is 3. The molecule has 3 nitrogen and oxygen atoms in total. The molecule has 0 amide bonds. The van der Waals surface area contributed by atoms with Gasteiger partial charge in [0.25, 0.3) is 0 Å². The van der Waals surface area contributed by atoms with Crippen LogP contribution in [-0.2, 0) is 0 Å². The normalized spacial score (nSPS) is 19.0. The molecular formula is C11H20N2O. The number of nitrogens with zero attached hydrogens (tertiary/aromatic N) is 2. The van der Waals surface area contributed by atoms with Crippen LogP contribution in [0.5, 0.6) is 0 Å². The van der Waals surface area contributed by atoms with Gasteiger partial charge in [-0.15, -0.1) is 0 Å². The number of aliphatic hydroxyl groups excluding tert-OH is 1. The van der Waals surface area contributed by atoms with E-state index in [1.54, 1.807) is 0 Å². The summed E-state index contributed by atoms with van der Waals surface area (Å²) in [5.41, 5.74) is -0.179. The largest absolute Gasteiger partial charge is 0.396 e. The van der Waals surface area contributed by atoms with E-state index < -0.39 is 0 Å². The molecule has 0 aliphatic carbocycles. The molecule has 0 aromatic rings. The fourth-order valence-electron chi connectivity index (χ4n) is 1.78. The zero-order chi connectivity index (χ0) is 10.6. The Morgan fingerprint density at radius 2 is 2.14 bits per heavy atom. The second-order valence-electron chi connectivity index (χ2n) is 4.91. The van der Waals surface area contributed by atoms with Gasteiger partial charge in [0.05, 0.1) is 11.5 Å². The van der Waals surface area contributed by atoms with E-state index in [0.717, 1.165) is 32.5 Å². The lowest BCUT2D eigenvalue weighted by Crippen LogP contribution is -2.48. The van der Waals surface area contributed by atoms with Crippen LogP contribution in [0, 0.1) is 22.7 Å². The quantitative estimate of drug-likeness (QED) is 0.719. The van der Waals surface area contributed by atoms with Crippen LogP contribution in [0.25, 0.3) is 0 Å². The SMILES string of the molecule is CC(C)(C#N)CCCN1CC(CO)C1. The highest BCUT2D eigenvalue weighted by atomic mass is 16.3. The smallest absolute Gasteiger partial charge is 0.0683 e. The van der Waals surface area contributed by atoms with Crippen LogP contribution in [0.3, 0.4) is 0 Å². The van der Waals surface area contributed by atoms with Crippen LogP contribution < -0.4 is 0 Å². The molecule has 1 saturated heterocycles. The molecule has 0 unspecified atom stereocenters. The fourth-order valence-corrected chi connectivity index (χ4v) is 1.78. The number of hydrogen-bond donors (Lipinski definition) is 1. The molecule has 1 heterocycles. The van der Waals surface area contributed by atoms with Crippen LogP contribution in [-0.4, -0.2) is 36.2 Å². The maximum Gasteiger partial charge on any atom is 0.0683 e. The monoisotopic (exact) mass is 196 g/mol. The van der Waals surface area contributed by atoms with Crippen molar-refractivity contribution in [2.75, 3.05) is 26.2 Å². The minimum atomic E-state index is -0.179. The molecule has 0 aromatic carbocycles. The molecule has 0 aromatic heterocycles. The highest BCUT2D eigenvalue weighted by molar-refractivity contribution is 4.91. The zero-order valence-corrected chi connectivity index (χ0v) is 9.16. The lowest BCUT2D eigenvalue weighted by molar-refractivity contribution is 0.0514. The van der Waals surface area contributed by atoms with Crippen molar-refractivity contribution in [3.63, 3.8) is 0 Å². The van der Waals surface area contributed by atoms with Crippen molar-refractivity contribution in [1.82, 2.24) is 4.90 Å². The summed E-state index contributed by atoms with van der Waals surface area (Å²) in [6.07, 6.45) is 2.04. The Bertz CT molecular complexity index is 214. The first kappa shape index (κ1) is 11.5. The minimum Gasteiger partial charge on any atom is -0.396 e. The molecule has 1 fully saturated rings. The zero-order valence-electron chi connectivity index (χ0n) is 9.16. The maximum atomic E-state index is 8.83. The Kier molecular flexibility index (Phi) is 3.91. The molecule has 0 spiro atoms. The van der Waals surface area contributed by atoms with Crippen molar-refractivity contribution >= 4 is 0 Å². The molecule has 1 aliphatic heterocycles. The summed E-state index contributed by atoms with van der Waals surface area (Å²) in [4.78, 5) is 2.34. The molecular weight excluding hydrogens is 176 g/mol. The van der Waals surface area contributed by atoms with E-state index in [2.05, 4.69) is 11.0 Å². The van der Waals surface area contributed by atoms with Crippen LogP contribution in [0.1, 0.15) is 26.7 Å². The summed E-state index contributed by atoms with van der Waals surface area (Å²) in [5, 5.41) is 17.6. The van der Waals surface area contributed by atoms with Crippen molar-refractivity contribution in [3.05, 3.63) is 0 Å². The predicted octanol–water partition coefficient (Wildman–Crippen LogP) is 1.24. The van der Waals surface area contributed by atoms with Gasteiger partial charge >= 0.3 is 0 Å². The molecule has 0 bridgehead atoms. The molecule has 14 heavy (non-hydrogen) atoms. The first-order valence-electron chi connectivity index (χ1n) is 5.32. The van der Waals surface area contributed by atoms with Gasteiger partial charge in [-0.1, -0.05) is 0 Å². The lowest BCUT2D eigenvalue weighted by Gasteiger charge is -2.38. The summed E-state index contributed by atoms with van der Waals surface area (Å²) >= 11 is 0. The van der Waals surface area contributed by atoms with E-state index >= 15 is 0 Å². The molecule has 3 heteroatoms. The first-order valence-corrected chi connectivity index (χ1v) is 5.32. The van der Waals surface area contributed by atoms with Gasteiger partial charge in [0.1, 0.15) is 0 Å². The van der Waals surface area contributed by atoms with Crippen molar-refractivity contribution in [1.29, 1.82) is 5.26 Å². The summed E-state index contributed by atoms with van der Waals surface area (Å²) in [7, 11) is 0. The third-order valence-corrected chi connectivity index (χ3v) is 2.87. The molecule has 1 rings (SSSR count). The number of likely N-dealkylation sites (tertiary alicyclic amines) is 1.